The Balaban J connectivity index is 2.09. The molecule has 3 rings (SSSR count). The lowest BCUT2D eigenvalue weighted by atomic mass is 10.2. The number of amidine groups is 1. The predicted octanol–water partition coefficient (Wildman–Crippen LogP) is 3.42. The molecule has 0 fully saturated rings. The molecule has 1 aliphatic heterocycles. The van der Waals surface area contributed by atoms with Crippen molar-refractivity contribution < 1.29 is 4.74 Å². The van der Waals surface area contributed by atoms with Crippen LogP contribution in [0.5, 0.6) is 5.75 Å². The molecular formula is C16H15N3OS. The van der Waals surface area contributed by atoms with Crippen LogP contribution in [-0.4, -0.2) is 30.0 Å². The molecule has 21 heavy (non-hydrogen) atoms. The lowest BCUT2D eigenvalue weighted by Gasteiger charge is -2.20. The number of para-hydroxylation sites is 2. The van der Waals surface area contributed by atoms with Crippen molar-refractivity contribution in [1.82, 2.24) is 4.90 Å². The Labute approximate surface area is 129 Å². The number of hydrogen-bond acceptors (Lipinski definition) is 3. The van der Waals surface area contributed by atoms with E-state index in [-0.39, 0.29) is 0 Å². The Bertz CT molecular complexity index is 710. The summed E-state index contributed by atoms with van der Waals surface area (Å²) in [6.07, 6.45) is 0. The van der Waals surface area contributed by atoms with Crippen LogP contribution in [0.2, 0.25) is 0 Å². The molecule has 0 aromatic heterocycles. The topological polar surface area (TPSA) is 36.9 Å². The molecule has 2 aromatic carbocycles. The van der Waals surface area contributed by atoms with E-state index in [4.69, 9.17) is 21.9 Å². The number of nitrogens with one attached hydrogen (secondary N) is 1. The Morgan fingerprint density at radius 2 is 1.81 bits per heavy atom. The summed E-state index contributed by atoms with van der Waals surface area (Å²) in [5.41, 5.74) is 2.77. The van der Waals surface area contributed by atoms with Crippen LogP contribution in [0.15, 0.2) is 53.5 Å². The molecule has 0 radical (unpaired) electrons. The number of benzene rings is 2. The number of anilines is 1. The van der Waals surface area contributed by atoms with Crippen LogP contribution in [0.3, 0.4) is 0 Å². The Kier molecular flexibility index (Phi) is 3.58. The summed E-state index contributed by atoms with van der Waals surface area (Å²) in [6.45, 7) is 0. The molecule has 0 amide bonds. The minimum atomic E-state index is 0.620. The average molecular weight is 297 g/mol. The average Bonchev–Trinajstić information content (AvgIpc) is 2.65. The second-order valence-electron chi connectivity index (χ2n) is 4.67. The van der Waals surface area contributed by atoms with Crippen LogP contribution in [0, 0.1) is 0 Å². The maximum atomic E-state index is 5.43. The fourth-order valence-electron chi connectivity index (χ4n) is 2.16. The molecule has 0 spiro atoms. The highest BCUT2D eigenvalue weighted by atomic mass is 32.1. The maximum Gasteiger partial charge on any atom is 0.178 e. The largest absolute Gasteiger partial charge is 0.497 e. The van der Waals surface area contributed by atoms with Crippen LogP contribution >= 0.6 is 12.2 Å². The van der Waals surface area contributed by atoms with Crippen molar-refractivity contribution in [2.75, 3.05) is 19.5 Å². The molecular weight excluding hydrogens is 282 g/mol. The molecule has 1 heterocycles. The van der Waals surface area contributed by atoms with Crippen molar-refractivity contribution >= 4 is 34.5 Å². The zero-order valence-electron chi connectivity index (χ0n) is 11.8. The number of hydrogen-bond donors (Lipinski definition) is 1. The van der Waals surface area contributed by atoms with Gasteiger partial charge in [0.05, 0.1) is 18.5 Å². The summed E-state index contributed by atoms with van der Waals surface area (Å²) >= 11 is 5.43. The van der Waals surface area contributed by atoms with E-state index in [2.05, 4.69) is 5.32 Å². The van der Waals surface area contributed by atoms with Crippen LogP contribution in [0.4, 0.5) is 11.4 Å². The van der Waals surface area contributed by atoms with E-state index < -0.39 is 0 Å². The lowest BCUT2D eigenvalue weighted by Crippen LogP contribution is -2.35. The first-order chi connectivity index (χ1) is 10.2. The monoisotopic (exact) mass is 297 g/mol. The molecule has 0 bridgehead atoms. The zero-order chi connectivity index (χ0) is 14.8. The molecule has 5 heteroatoms. The molecule has 2 aromatic rings. The predicted molar refractivity (Wildman–Crippen MR) is 89.6 cm³/mol. The van der Waals surface area contributed by atoms with Gasteiger partial charge in [0, 0.05) is 12.6 Å². The molecule has 0 saturated heterocycles. The van der Waals surface area contributed by atoms with Crippen molar-refractivity contribution in [2.24, 2.45) is 4.99 Å². The summed E-state index contributed by atoms with van der Waals surface area (Å²) in [4.78, 5) is 6.62. The standard InChI is InChI=1S/C16H15N3OS/c1-19-15(11-7-9-12(20-2)10-8-11)17-13-5-3-4-6-14(13)18-16(19)21/h3-10H,1-2H3,(H,18,21). The van der Waals surface area contributed by atoms with E-state index in [1.165, 1.54) is 0 Å². The minimum Gasteiger partial charge on any atom is -0.497 e. The van der Waals surface area contributed by atoms with Gasteiger partial charge in [0.1, 0.15) is 11.6 Å². The number of nitrogens with zero attached hydrogens (tertiary/aromatic N) is 2. The maximum absolute atomic E-state index is 5.43. The van der Waals surface area contributed by atoms with Gasteiger partial charge in [-0.3, -0.25) is 0 Å². The second kappa shape index (κ2) is 5.54. The van der Waals surface area contributed by atoms with Crippen molar-refractivity contribution in [3.05, 3.63) is 54.1 Å². The second-order valence-corrected chi connectivity index (χ2v) is 5.06. The molecule has 0 unspecified atom stereocenters. The van der Waals surface area contributed by atoms with Crippen molar-refractivity contribution in [2.45, 2.75) is 0 Å². The van der Waals surface area contributed by atoms with Crippen molar-refractivity contribution in [3.63, 3.8) is 0 Å². The molecule has 0 saturated carbocycles. The third-order valence-corrected chi connectivity index (χ3v) is 3.72. The number of aliphatic imine (C=N–C) groups is 1. The van der Waals surface area contributed by atoms with Crippen LogP contribution in [0.25, 0.3) is 0 Å². The van der Waals surface area contributed by atoms with E-state index >= 15 is 0 Å². The zero-order valence-corrected chi connectivity index (χ0v) is 12.6. The van der Waals surface area contributed by atoms with Crippen LogP contribution in [0.1, 0.15) is 5.56 Å². The van der Waals surface area contributed by atoms with E-state index in [9.17, 15) is 0 Å². The number of thiocarbonyl (C=S) groups is 1. The highest BCUT2D eigenvalue weighted by Gasteiger charge is 2.19. The Morgan fingerprint density at radius 3 is 2.52 bits per heavy atom. The van der Waals surface area contributed by atoms with Crippen molar-refractivity contribution in [3.8, 4) is 5.75 Å². The number of methoxy groups -OCH3 is 1. The molecule has 4 nitrogen and oxygen atoms in total. The summed E-state index contributed by atoms with van der Waals surface area (Å²) in [5, 5.41) is 3.83. The first-order valence-corrected chi connectivity index (χ1v) is 6.97. The fraction of sp³-hybridized carbons (Fsp3) is 0.125. The first-order valence-electron chi connectivity index (χ1n) is 6.56. The normalized spacial score (nSPS) is 13.9. The fourth-order valence-corrected chi connectivity index (χ4v) is 2.36. The van der Waals surface area contributed by atoms with Gasteiger partial charge in [0.25, 0.3) is 0 Å². The minimum absolute atomic E-state index is 0.620. The third kappa shape index (κ3) is 2.60. The lowest BCUT2D eigenvalue weighted by molar-refractivity contribution is 0.415. The molecule has 106 valence electrons. The smallest absolute Gasteiger partial charge is 0.178 e. The highest BCUT2D eigenvalue weighted by molar-refractivity contribution is 7.80. The summed E-state index contributed by atoms with van der Waals surface area (Å²) < 4.78 is 5.19. The number of fused-ring (bicyclic) bond motifs is 1. The third-order valence-electron chi connectivity index (χ3n) is 3.34. The van der Waals surface area contributed by atoms with E-state index in [1.807, 2.05) is 60.5 Å². The summed E-state index contributed by atoms with van der Waals surface area (Å²) in [5.74, 6) is 1.62. The quantitative estimate of drug-likeness (QED) is 0.862. The molecule has 0 atom stereocenters. The van der Waals surface area contributed by atoms with Gasteiger partial charge in [-0.15, -0.1) is 0 Å². The van der Waals surface area contributed by atoms with Gasteiger partial charge in [-0.1, -0.05) is 12.1 Å². The number of rotatable bonds is 2. The van der Waals surface area contributed by atoms with Gasteiger partial charge >= 0.3 is 0 Å². The molecule has 1 N–H and O–H groups in total. The Morgan fingerprint density at radius 1 is 1.10 bits per heavy atom. The van der Waals surface area contributed by atoms with Crippen molar-refractivity contribution in [1.29, 1.82) is 0 Å². The van der Waals surface area contributed by atoms with E-state index in [1.54, 1.807) is 7.11 Å². The molecule has 0 aliphatic carbocycles. The van der Waals surface area contributed by atoms with Crippen LogP contribution < -0.4 is 10.1 Å². The van der Waals surface area contributed by atoms with E-state index in [0.29, 0.717) is 5.11 Å². The molecule has 1 aliphatic rings. The summed E-state index contributed by atoms with van der Waals surface area (Å²) in [7, 11) is 3.56. The van der Waals surface area contributed by atoms with Gasteiger partial charge in [0.2, 0.25) is 0 Å². The highest BCUT2D eigenvalue weighted by Crippen LogP contribution is 2.28. The van der Waals surface area contributed by atoms with Gasteiger partial charge < -0.3 is 15.0 Å². The SMILES string of the molecule is COc1ccc(C2=Nc3ccccc3NC(=S)N2C)cc1. The van der Waals surface area contributed by atoms with Crippen LogP contribution in [-0.2, 0) is 0 Å². The first kappa shape index (κ1) is 13.6. The van der Waals surface area contributed by atoms with Gasteiger partial charge in [-0.2, -0.15) is 0 Å². The van der Waals surface area contributed by atoms with E-state index in [0.717, 1.165) is 28.5 Å². The van der Waals surface area contributed by atoms with Gasteiger partial charge in [0.15, 0.2) is 5.11 Å². The van der Waals surface area contributed by atoms with Gasteiger partial charge in [-0.05, 0) is 48.6 Å². The number of ether oxygens (including phenoxy) is 1. The Hall–Kier alpha value is -2.40. The van der Waals surface area contributed by atoms with Gasteiger partial charge in [-0.25, -0.2) is 4.99 Å². The summed E-state index contributed by atoms with van der Waals surface area (Å²) in [6, 6.07) is 15.6.